The number of rotatable bonds is 9. The third-order valence-electron chi connectivity index (χ3n) is 6.05. The third-order valence-corrected chi connectivity index (χ3v) is 6.05. The molecule has 3 heterocycles. The predicted molar refractivity (Wildman–Crippen MR) is 125 cm³/mol. The fourth-order valence-electron chi connectivity index (χ4n) is 4.16. The topological polar surface area (TPSA) is 82.5 Å². The highest BCUT2D eigenvalue weighted by Gasteiger charge is 2.30. The van der Waals surface area contributed by atoms with Crippen LogP contribution in [0.15, 0.2) is 23.3 Å². The van der Waals surface area contributed by atoms with E-state index in [1.54, 1.807) is 13.3 Å². The van der Waals surface area contributed by atoms with E-state index in [-0.39, 0.29) is 11.9 Å². The molecule has 0 aliphatic carbocycles. The molecule has 1 aromatic heterocycles. The number of hydrogen-bond donors (Lipinski definition) is 1. The minimum atomic E-state index is -0.0584. The third kappa shape index (κ3) is 6.56. The summed E-state index contributed by atoms with van der Waals surface area (Å²) in [6.45, 7) is 11.6. The van der Waals surface area contributed by atoms with Gasteiger partial charge in [0.15, 0.2) is 5.96 Å². The molecule has 32 heavy (non-hydrogen) atoms. The molecule has 0 aromatic carbocycles. The molecule has 0 bridgehead atoms. The SMILES string of the molecule is CCNC(=NCc1cccnc1OCCOC)N1CCN(C(C)C(=O)N2CCCC2)CC1. The number of carbonyl (C=O) groups is 1. The highest BCUT2D eigenvalue weighted by atomic mass is 16.5. The molecule has 2 saturated heterocycles. The molecule has 2 fully saturated rings. The molecular formula is C23H38N6O3. The summed E-state index contributed by atoms with van der Waals surface area (Å²) in [5.41, 5.74) is 0.947. The van der Waals surface area contributed by atoms with Gasteiger partial charge in [0.2, 0.25) is 11.8 Å². The van der Waals surface area contributed by atoms with Gasteiger partial charge in [-0.1, -0.05) is 6.07 Å². The van der Waals surface area contributed by atoms with E-state index in [0.717, 1.165) is 70.2 Å². The van der Waals surface area contributed by atoms with Crippen molar-refractivity contribution >= 4 is 11.9 Å². The smallest absolute Gasteiger partial charge is 0.239 e. The molecule has 9 nitrogen and oxygen atoms in total. The lowest BCUT2D eigenvalue weighted by Gasteiger charge is -2.39. The van der Waals surface area contributed by atoms with Crippen molar-refractivity contribution in [2.24, 2.45) is 4.99 Å². The van der Waals surface area contributed by atoms with Gasteiger partial charge >= 0.3 is 0 Å². The Morgan fingerprint density at radius 2 is 1.91 bits per heavy atom. The summed E-state index contributed by atoms with van der Waals surface area (Å²) in [7, 11) is 1.65. The van der Waals surface area contributed by atoms with Crippen LogP contribution in [0.5, 0.6) is 5.88 Å². The van der Waals surface area contributed by atoms with Gasteiger partial charge in [-0.25, -0.2) is 9.98 Å². The normalized spacial score (nSPS) is 18.7. The van der Waals surface area contributed by atoms with Gasteiger partial charge in [-0.05, 0) is 32.8 Å². The zero-order chi connectivity index (χ0) is 22.8. The van der Waals surface area contributed by atoms with Crippen LogP contribution < -0.4 is 10.1 Å². The number of piperazine rings is 1. The quantitative estimate of drug-likeness (QED) is 0.347. The average Bonchev–Trinajstić information content (AvgIpc) is 3.37. The Balaban J connectivity index is 1.57. The van der Waals surface area contributed by atoms with Crippen molar-refractivity contribution in [3.8, 4) is 5.88 Å². The van der Waals surface area contributed by atoms with Gasteiger partial charge in [-0.15, -0.1) is 0 Å². The molecule has 3 rings (SSSR count). The molecule has 0 spiro atoms. The lowest BCUT2D eigenvalue weighted by Crippen LogP contribution is -2.57. The first-order chi connectivity index (χ1) is 15.6. The molecule has 0 saturated carbocycles. The van der Waals surface area contributed by atoms with Gasteiger partial charge in [0.25, 0.3) is 0 Å². The highest BCUT2D eigenvalue weighted by Crippen LogP contribution is 2.17. The lowest BCUT2D eigenvalue weighted by atomic mass is 10.2. The number of aromatic nitrogens is 1. The van der Waals surface area contributed by atoms with E-state index in [9.17, 15) is 4.79 Å². The summed E-state index contributed by atoms with van der Waals surface area (Å²) in [6.07, 6.45) is 3.99. The summed E-state index contributed by atoms with van der Waals surface area (Å²) in [4.78, 5) is 28.5. The van der Waals surface area contributed by atoms with Crippen LogP contribution in [0.3, 0.4) is 0 Å². The predicted octanol–water partition coefficient (Wildman–Crippen LogP) is 1.20. The first-order valence-electron chi connectivity index (χ1n) is 11.8. The number of carbonyl (C=O) groups excluding carboxylic acids is 1. The van der Waals surface area contributed by atoms with Gasteiger partial charge in [0.05, 0.1) is 19.2 Å². The van der Waals surface area contributed by atoms with Gasteiger partial charge in [0, 0.05) is 64.7 Å². The lowest BCUT2D eigenvalue weighted by molar-refractivity contribution is -0.135. The van der Waals surface area contributed by atoms with Crippen molar-refractivity contribution in [2.45, 2.75) is 39.3 Å². The number of hydrogen-bond acceptors (Lipinski definition) is 6. The number of aliphatic imine (C=N–C) groups is 1. The summed E-state index contributed by atoms with van der Waals surface area (Å²) >= 11 is 0. The van der Waals surface area contributed by atoms with Crippen LogP contribution in [-0.4, -0.2) is 104 Å². The Bertz CT molecular complexity index is 745. The molecule has 2 aliphatic rings. The number of pyridine rings is 1. The standard InChI is InChI=1S/C23H38N6O3/c1-4-24-23(26-18-20-8-7-9-25-21(20)32-17-16-31-3)29-14-12-27(13-15-29)19(2)22(30)28-10-5-6-11-28/h7-9,19H,4-6,10-18H2,1-3H3,(H,24,26). The Kier molecular flexibility index (Phi) is 9.55. The number of methoxy groups -OCH3 is 1. The van der Waals surface area contributed by atoms with Crippen molar-refractivity contribution in [1.29, 1.82) is 0 Å². The van der Waals surface area contributed by atoms with Gasteiger partial charge < -0.3 is 24.6 Å². The second-order valence-corrected chi connectivity index (χ2v) is 8.21. The minimum Gasteiger partial charge on any atom is -0.475 e. The molecule has 9 heteroatoms. The van der Waals surface area contributed by atoms with E-state index >= 15 is 0 Å². The van der Waals surface area contributed by atoms with E-state index in [4.69, 9.17) is 14.5 Å². The first kappa shape index (κ1) is 24.3. The maximum absolute atomic E-state index is 12.8. The summed E-state index contributed by atoms with van der Waals surface area (Å²) < 4.78 is 10.8. The second kappa shape index (κ2) is 12.6. The van der Waals surface area contributed by atoms with Crippen LogP contribution in [0.2, 0.25) is 0 Å². The second-order valence-electron chi connectivity index (χ2n) is 8.21. The Morgan fingerprint density at radius 3 is 2.59 bits per heavy atom. The van der Waals surface area contributed by atoms with Gasteiger partial charge in [0.1, 0.15) is 6.61 Å². The van der Waals surface area contributed by atoms with E-state index in [2.05, 4.69) is 27.0 Å². The number of ether oxygens (including phenoxy) is 2. The number of likely N-dealkylation sites (tertiary alicyclic amines) is 1. The summed E-state index contributed by atoms with van der Waals surface area (Å²) in [5.74, 6) is 1.76. The zero-order valence-electron chi connectivity index (χ0n) is 19.8. The fourth-order valence-corrected chi connectivity index (χ4v) is 4.16. The van der Waals surface area contributed by atoms with Crippen LogP contribution in [0.1, 0.15) is 32.3 Å². The Hall–Kier alpha value is -2.39. The van der Waals surface area contributed by atoms with E-state index in [1.165, 1.54) is 0 Å². The van der Waals surface area contributed by atoms with Crippen molar-refractivity contribution in [2.75, 3.05) is 66.1 Å². The molecular weight excluding hydrogens is 408 g/mol. The van der Waals surface area contributed by atoms with Crippen molar-refractivity contribution in [3.63, 3.8) is 0 Å². The summed E-state index contributed by atoms with van der Waals surface area (Å²) in [5, 5.41) is 3.41. The molecule has 1 unspecified atom stereocenters. The molecule has 178 valence electrons. The number of guanidine groups is 1. The van der Waals surface area contributed by atoms with E-state index in [1.807, 2.05) is 24.0 Å². The molecule has 1 N–H and O–H groups in total. The maximum Gasteiger partial charge on any atom is 0.239 e. The molecule has 0 radical (unpaired) electrons. The Labute approximate surface area is 191 Å². The molecule has 1 atom stereocenters. The molecule has 1 aromatic rings. The van der Waals surface area contributed by atoms with Crippen molar-refractivity contribution in [3.05, 3.63) is 23.9 Å². The number of nitrogens with zero attached hydrogens (tertiary/aromatic N) is 5. The molecule has 1 amide bonds. The highest BCUT2D eigenvalue weighted by molar-refractivity contribution is 5.82. The van der Waals surface area contributed by atoms with E-state index in [0.29, 0.717) is 25.6 Å². The van der Waals surface area contributed by atoms with Gasteiger partial charge in [-0.3, -0.25) is 9.69 Å². The summed E-state index contributed by atoms with van der Waals surface area (Å²) in [6, 6.07) is 3.83. The van der Waals surface area contributed by atoms with Crippen LogP contribution in [0, 0.1) is 0 Å². The average molecular weight is 447 g/mol. The largest absolute Gasteiger partial charge is 0.475 e. The van der Waals surface area contributed by atoms with Gasteiger partial charge in [-0.2, -0.15) is 0 Å². The van der Waals surface area contributed by atoms with Crippen LogP contribution in [0.4, 0.5) is 0 Å². The fraction of sp³-hybridized carbons (Fsp3) is 0.696. The first-order valence-corrected chi connectivity index (χ1v) is 11.8. The maximum atomic E-state index is 12.8. The Morgan fingerprint density at radius 1 is 1.16 bits per heavy atom. The minimum absolute atomic E-state index is 0.0584. The van der Waals surface area contributed by atoms with Crippen molar-refractivity contribution < 1.29 is 14.3 Å². The van der Waals surface area contributed by atoms with E-state index < -0.39 is 0 Å². The van der Waals surface area contributed by atoms with Crippen LogP contribution in [0.25, 0.3) is 0 Å². The van der Waals surface area contributed by atoms with Crippen LogP contribution in [-0.2, 0) is 16.1 Å². The van der Waals surface area contributed by atoms with Crippen LogP contribution >= 0.6 is 0 Å². The molecule has 2 aliphatic heterocycles. The zero-order valence-corrected chi connectivity index (χ0v) is 19.8. The monoisotopic (exact) mass is 446 g/mol. The number of nitrogens with one attached hydrogen (secondary N) is 1. The van der Waals surface area contributed by atoms with Crippen molar-refractivity contribution in [1.82, 2.24) is 25.0 Å². The number of amides is 1.